The minimum absolute atomic E-state index is 0.132. The van der Waals surface area contributed by atoms with Crippen LogP contribution in [0.15, 0.2) is 0 Å². The molecule has 0 spiro atoms. The number of ether oxygens (including phenoxy) is 1. The molecule has 2 N–H and O–H groups in total. The molecular formula is C10H17NO4. The molecule has 5 heteroatoms. The number of nitrogens with one attached hydrogen (secondary N) is 1. The zero-order chi connectivity index (χ0) is 11.4. The number of aliphatic carboxylic acids is 1. The van der Waals surface area contributed by atoms with Crippen molar-refractivity contribution in [2.75, 3.05) is 6.61 Å². The lowest BCUT2D eigenvalue weighted by Gasteiger charge is -2.19. The van der Waals surface area contributed by atoms with Gasteiger partial charge in [-0.3, -0.25) is 4.79 Å². The Morgan fingerprint density at radius 2 is 2.13 bits per heavy atom. The molecule has 0 unspecified atom stereocenters. The Hall–Kier alpha value is -1.10. The van der Waals surface area contributed by atoms with Crippen LogP contribution in [0.4, 0.5) is 0 Å². The van der Waals surface area contributed by atoms with Gasteiger partial charge in [-0.15, -0.1) is 0 Å². The van der Waals surface area contributed by atoms with E-state index in [1.165, 1.54) is 0 Å². The molecule has 1 heterocycles. The van der Waals surface area contributed by atoms with Crippen LogP contribution in [-0.4, -0.2) is 35.7 Å². The van der Waals surface area contributed by atoms with Gasteiger partial charge in [-0.2, -0.15) is 0 Å². The molecular weight excluding hydrogens is 198 g/mol. The summed E-state index contributed by atoms with van der Waals surface area (Å²) in [6.45, 7) is 4.10. The van der Waals surface area contributed by atoms with E-state index < -0.39 is 18.1 Å². The first-order chi connectivity index (χ1) is 7.02. The number of rotatable bonds is 4. The lowest BCUT2D eigenvalue weighted by Crippen LogP contribution is -2.48. The molecule has 0 bridgehead atoms. The first-order valence-corrected chi connectivity index (χ1v) is 5.17. The number of amides is 1. The fourth-order valence-corrected chi connectivity index (χ4v) is 1.54. The third-order valence-electron chi connectivity index (χ3n) is 2.45. The third-order valence-corrected chi connectivity index (χ3v) is 2.45. The first-order valence-electron chi connectivity index (χ1n) is 5.17. The highest BCUT2D eigenvalue weighted by molar-refractivity contribution is 5.86. The lowest BCUT2D eigenvalue weighted by atomic mass is 10.0. The van der Waals surface area contributed by atoms with Gasteiger partial charge >= 0.3 is 5.97 Å². The lowest BCUT2D eigenvalue weighted by molar-refractivity contribution is -0.144. The van der Waals surface area contributed by atoms with Crippen molar-refractivity contribution in [3.63, 3.8) is 0 Å². The van der Waals surface area contributed by atoms with Gasteiger partial charge in [0.25, 0.3) is 0 Å². The summed E-state index contributed by atoms with van der Waals surface area (Å²) >= 11 is 0. The van der Waals surface area contributed by atoms with Gasteiger partial charge in [0.1, 0.15) is 12.1 Å². The average Bonchev–Trinajstić information content (AvgIpc) is 2.65. The highest BCUT2D eigenvalue weighted by Gasteiger charge is 2.29. The van der Waals surface area contributed by atoms with Crippen LogP contribution in [0.25, 0.3) is 0 Å². The van der Waals surface area contributed by atoms with Crippen molar-refractivity contribution >= 4 is 11.9 Å². The second-order valence-electron chi connectivity index (χ2n) is 4.07. The minimum Gasteiger partial charge on any atom is -0.480 e. The summed E-state index contributed by atoms with van der Waals surface area (Å²) in [6.07, 6.45) is 1.07. The monoisotopic (exact) mass is 215 g/mol. The van der Waals surface area contributed by atoms with Crippen LogP contribution in [-0.2, 0) is 14.3 Å². The molecule has 0 saturated carbocycles. The molecule has 0 aromatic heterocycles. The summed E-state index contributed by atoms with van der Waals surface area (Å²) in [5.74, 6) is -1.45. The van der Waals surface area contributed by atoms with E-state index in [1.807, 2.05) is 0 Å². The SMILES string of the molecule is CC(C)[C@@H](NC(=O)[C@H]1CCCO1)C(=O)O. The average molecular weight is 215 g/mol. The molecule has 1 saturated heterocycles. The fourth-order valence-electron chi connectivity index (χ4n) is 1.54. The van der Waals surface area contributed by atoms with Crippen molar-refractivity contribution in [3.05, 3.63) is 0 Å². The van der Waals surface area contributed by atoms with Gasteiger partial charge in [-0.05, 0) is 18.8 Å². The Balaban J connectivity index is 2.50. The predicted molar refractivity (Wildman–Crippen MR) is 53.4 cm³/mol. The van der Waals surface area contributed by atoms with Crippen molar-refractivity contribution in [2.24, 2.45) is 5.92 Å². The number of carboxylic acid groups (broad SMARTS) is 1. The van der Waals surface area contributed by atoms with Crippen molar-refractivity contribution in [1.82, 2.24) is 5.32 Å². The second-order valence-corrected chi connectivity index (χ2v) is 4.07. The molecule has 86 valence electrons. The van der Waals surface area contributed by atoms with E-state index in [1.54, 1.807) is 13.8 Å². The molecule has 2 atom stereocenters. The fraction of sp³-hybridized carbons (Fsp3) is 0.800. The molecule has 15 heavy (non-hydrogen) atoms. The summed E-state index contributed by atoms with van der Waals surface area (Å²) < 4.78 is 5.17. The number of carboxylic acids is 1. The Bertz CT molecular complexity index is 246. The summed E-state index contributed by atoms with van der Waals surface area (Å²) in [7, 11) is 0. The van der Waals surface area contributed by atoms with E-state index in [0.29, 0.717) is 13.0 Å². The standard InChI is InChI=1S/C10H17NO4/c1-6(2)8(10(13)14)11-9(12)7-4-3-5-15-7/h6-8H,3-5H2,1-2H3,(H,11,12)(H,13,14)/t7-,8-/m1/s1. The second kappa shape index (κ2) is 5.11. The van der Waals surface area contributed by atoms with Crippen molar-refractivity contribution in [3.8, 4) is 0 Å². The van der Waals surface area contributed by atoms with E-state index in [0.717, 1.165) is 6.42 Å². The van der Waals surface area contributed by atoms with Crippen LogP contribution < -0.4 is 5.32 Å². The van der Waals surface area contributed by atoms with Gasteiger partial charge in [-0.1, -0.05) is 13.8 Å². The molecule has 0 aliphatic carbocycles. The van der Waals surface area contributed by atoms with Crippen LogP contribution >= 0.6 is 0 Å². The molecule has 5 nitrogen and oxygen atoms in total. The first kappa shape index (κ1) is 12.0. The van der Waals surface area contributed by atoms with Gasteiger partial charge in [0.2, 0.25) is 5.91 Å². The molecule has 0 aromatic rings. The highest BCUT2D eigenvalue weighted by Crippen LogP contribution is 2.13. The highest BCUT2D eigenvalue weighted by atomic mass is 16.5. The molecule has 1 amide bonds. The Kier molecular flexibility index (Phi) is 4.08. The zero-order valence-corrected chi connectivity index (χ0v) is 9.03. The largest absolute Gasteiger partial charge is 0.480 e. The Labute approximate surface area is 88.8 Å². The maximum absolute atomic E-state index is 11.6. The summed E-state index contributed by atoms with van der Waals surface area (Å²) in [5.41, 5.74) is 0. The Morgan fingerprint density at radius 1 is 1.47 bits per heavy atom. The topological polar surface area (TPSA) is 75.6 Å². The van der Waals surface area contributed by atoms with Crippen LogP contribution in [0.3, 0.4) is 0 Å². The van der Waals surface area contributed by atoms with Crippen LogP contribution in [0.1, 0.15) is 26.7 Å². The normalized spacial score (nSPS) is 22.7. The van der Waals surface area contributed by atoms with E-state index in [9.17, 15) is 9.59 Å². The minimum atomic E-state index is -1.00. The van der Waals surface area contributed by atoms with E-state index in [4.69, 9.17) is 9.84 Å². The van der Waals surface area contributed by atoms with E-state index >= 15 is 0 Å². The van der Waals surface area contributed by atoms with Crippen molar-refractivity contribution in [1.29, 1.82) is 0 Å². The van der Waals surface area contributed by atoms with Crippen molar-refractivity contribution in [2.45, 2.75) is 38.8 Å². The summed E-state index contributed by atoms with van der Waals surface area (Å²) in [4.78, 5) is 22.4. The molecule has 0 radical (unpaired) electrons. The number of hydrogen-bond acceptors (Lipinski definition) is 3. The predicted octanol–water partition coefficient (Wildman–Crippen LogP) is 0.391. The summed E-state index contributed by atoms with van der Waals surface area (Å²) in [6, 6.07) is -0.832. The number of carbonyl (C=O) groups excluding carboxylic acids is 1. The number of carbonyl (C=O) groups is 2. The molecule has 1 fully saturated rings. The quantitative estimate of drug-likeness (QED) is 0.711. The van der Waals surface area contributed by atoms with Crippen LogP contribution in [0, 0.1) is 5.92 Å². The van der Waals surface area contributed by atoms with Gasteiger partial charge in [0.15, 0.2) is 0 Å². The van der Waals surface area contributed by atoms with E-state index in [2.05, 4.69) is 5.32 Å². The molecule has 0 aromatic carbocycles. The Morgan fingerprint density at radius 3 is 2.53 bits per heavy atom. The van der Waals surface area contributed by atoms with Gasteiger partial charge in [0.05, 0.1) is 0 Å². The molecule has 1 rings (SSSR count). The van der Waals surface area contributed by atoms with Gasteiger partial charge in [-0.25, -0.2) is 4.79 Å². The summed E-state index contributed by atoms with van der Waals surface area (Å²) in [5, 5.41) is 11.4. The molecule has 1 aliphatic heterocycles. The smallest absolute Gasteiger partial charge is 0.326 e. The van der Waals surface area contributed by atoms with Crippen molar-refractivity contribution < 1.29 is 19.4 Å². The third kappa shape index (κ3) is 3.20. The zero-order valence-electron chi connectivity index (χ0n) is 9.03. The van der Waals surface area contributed by atoms with Gasteiger partial charge < -0.3 is 15.2 Å². The van der Waals surface area contributed by atoms with Crippen LogP contribution in [0.5, 0.6) is 0 Å². The van der Waals surface area contributed by atoms with Gasteiger partial charge in [0, 0.05) is 6.61 Å². The molecule has 1 aliphatic rings. The maximum atomic E-state index is 11.6. The number of hydrogen-bond donors (Lipinski definition) is 2. The maximum Gasteiger partial charge on any atom is 0.326 e. The van der Waals surface area contributed by atoms with Crippen LogP contribution in [0.2, 0.25) is 0 Å². The van der Waals surface area contributed by atoms with E-state index in [-0.39, 0.29) is 11.8 Å².